The lowest BCUT2D eigenvalue weighted by Crippen LogP contribution is -2.68. The van der Waals surface area contributed by atoms with Gasteiger partial charge in [0.05, 0.1) is 45.9 Å². The van der Waals surface area contributed by atoms with E-state index in [0.29, 0.717) is 0 Å². The Morgan fingerprint density at radius 1 is 0.581 bits per heavy atom. The molecular weight excluding hydrogens is 1150 g/mol. The van der Waals surface area contributed by atoms with Crippen LogP contribution in [-0.2, 0) is 90.8 Å². The summed E-state index contributed by atoms with van der Waals surface area (Å²) in [6.45, 7) is 4.05. The molecule has 37 heteroatoms. The van der Waals surface area contributed by atoms with E-state index in [4.69, 9.17) is 35.2 Å². The zero-order valence-electron chi connectivity index (χ0n) is 48.1. The molecular formula is C49H80N14O23. The highest BCUT2D eigenvalue weighted by molar-refractivity contribution is 5.95. The van der Waals surface area contributed by atoms with E-state index >= 15 is 0 Å². The van der Waals surface area contributed by atoms with Gasteiger partial charge in [0.15, 0.2) is 12.6 Å². The van der Waals surface area contributed by atoms with E-state index in [1.807, 2.05) is 0 Å². The molecule has 0 saturated carbocycles. The van der Waals surface area contributed by atoms with Crippen molar-refractivity contribution < 1.29 is 111 Å². The number of carbonyl (C=O) groups excluding carboxylic acids is 13. The Labute approximate surface area is 492 Å². The minimum Gasteiger partial charge on any atom is -0.480 e. The average molecular weight is 1230 g/mol. The number of carboxylic acid groups (broad SMARTS) is 1. The first kappa shape index (κ1) is 72.5. The standard InChI is InChI=1S/C49H80N14O23/c1-20(43(76)59-22(3)47(80)81)58-46(79)27(9-7-8-12-52-32(69)14-54-34(71)16-56-35(72)17-55-33(70)15-53-31(68)13-50)62-30(67)11-10-26(42(51)75)63-44(77)21(2)57-45(78)23(4)83-41-37(61-25(6)66)48-82-19-29(85-48)40(41)86-49-36(60-24(5)65)39(74)38(73)28(18-64)84-49/h20-23,26-29,36-41,48-49,64,73-74H,7-19,50H2,1-6H3,(H2,51,75)(H,52,69)(H,53,68)(H,54,71)(H,55,70)(H,56,72)(H,57,78)(H,58,79)(H,59,76)(H,60,65)(H,61,66)(H,62,67)(H,63,77)(H,80,81). The fourth-order valence-electron chi connectivity index (χ4n) is 8.43. The molecule has 3 heterocycles. The van der Waals surface area contributed by atoms with Gasteiger partial charge in [-0.15, -0.1) is 0 Å². The van der Waals surface area contributed by atoms with Gasteiger partial charge in [-0.1, -0.05) is 0 Å². The lowest BCUT2D eigenvalue weighted by molar-refractivity contribution is -0.313. The molecule has 0 aromatic heterocycles. The molecule has 2 bridgehead atoms. The highest BCUT2D eigenvalue weighted by Crippen LogP contribution is 2.35. The van der Waals surface area contributed by atoms with Crippen molar-refractivity contribution in [2.24, 2.45) is 11.5 Å². The van der Waals surface area contributed by atoms with Crippen molar-refractivity contribution in [2.75, 3.05) is 52.5 Å². The van der Waals surface area contributed by atoms with Gasteiger partial charge in [-0.3, -0.25) is 67.1 Å². The molecule has 3 rings (SSSR count). The average Bonchev–Trinajstić information content (AvgIpc) is 2.41. The number of hydrogen-bond acceptors (Lipinski definition) is 23. The quantitative estimate of drug-likeness (QED) is 0.0262. The number of aliphatic hydroxyl groups excluding tert-OH is 3. The lowest BCUT2D eigenvalue weighted by Gasteiger charge is -2.47. The summed E-state index contributed by atoms with van der Waals surface area (Å²) in [6, 6.07) is -9.53. The van der Waals surface area contributed by atoms with Crippen LogP contribution in [0.3, 0.4) is 0 Å². The molecule has 0 aliphatic carbocycles. The number of ether oxygens (including phenoxy) is 5. The van der Waals surface area contributed by atoms with Crippen LogP contribution in [0.15, 0.2) is 0 Å². The Balaban J connectivity index is 1.60. The molecule has 0 aromatic carbocycles. The maximum absolute atomic E-state index is 13.7. The molecule has 3 aliphatic heterocycles. The Kier molecular flexibility index (Phi) is 30.0. The number of unbranched alkanes of at least 4 members (excludes halogenated alkanes) is 1. The van der Waals surface area contributed by atoms with E-state index in [-0.39, 0.29) is 39.0 Å². The molecule has 13 amide bonds. The lowest BCUT2D eigenvalue weighted by atomic mass is 9.95. The van der Waals surface area contributed by atoms with Gasteiger partial charge < -0.3 is 119 Å². The summed E-state index contributed by atoms with van der Waals surface area (Å²) in [5.74, 6) is -11.6. The number of rotatable bonds is 35. The fourth-order valence-corrected chi connectivity index (χ4v) is 8.43. The number of nitrogens with two attached hydrogens (primary N) is 2. The largest absolute Gasteiger partial charge is 0.480 e. The molecule has 3 aliphatic rings. The van der Waals surface area contributed by atoms with E-state index in [1.165, 1.54) is 34.6 Å². The fraction of sp³-hybridized carbons (Fsp3) is 0.714. The van der Waals surface area contributed by atoms with Gasteiger partial charge in [0.1, 0.15) is 85.0 Å². The second-order valence-electron chi connectivity index (χ2n) is 20.2. The molecule has 0 aromatic rings. The number of aliphatic hydroxyl groups is 3. The van der Waals surface area contributed by atoms with Crippen molar-refractivity contribution in [2.45, 2.75) is 171 Å². The Hall–Kier alpha value is -7.78. The number of amides is 13. The van der Waals surface area contributed by atoms with Crippen molar-refractivity contribution in [1.82, 2.24) is 63.8 Å². The van der Waals surface area contributed by atoms with E-state index in [1.54, 1.807) is 0 Å². The first-order valence-corrected chi connectivity index (χ1v) is 27.3. The van der Waals surface area contributed by atoms with Crippen molar-refractivity contribution in [1.29, 1.82) is 0 Å². The van der Waals surface area contributed by atoms with Crippen LogP contribution in [0.1, 0.15) is 73.6 Å². The smallest absolute Gasteiger partial charge is 0.325 e. The van der Waals surface area contributed by atoms with E-state index in [2.05, 4.69) is 63.8 Å². The number of primary amides is 1. The van der Waals surface area contributed by atoms with Crippen LogP contribution >= 0.6 is 0 Å². The van der Waals surface area contributed by atoms with Crippen LogP contribution in [0.2, 0.25) is 0 Å². The van der Waals surface area contributed by atoms with Gasteiger partial charge in [0, 0.05) is 26.8 Å². The van der Waals surface area contributed by atoms with Crippen LogP contribution in [-0.4, -0.2) is 253 Å². The summed E-state index contributed by atoms with van der Waals surface area (Å²) in [6.07, 6.45) is -13.3. The molecule has 16 unspecified atom stereocenters. The van der Waals surface area contributed by atoms with Gasteiger partial charge in [0.25, 0.3) is 0 Å². The third kappa shape index (κ3) is 23.9. The first-order valence-electron chi connectivity index (χ1n) is 27.3. The van der Waals surface area contributed by atoms with E-state index < -0.39 is 226 Å². The summed E-state index contributed by atoms with van der Waals surface area (Å²) >= 11 is 0. The normalized spacial score (nSPS) is 24.2. The molecule has 0 radical (unpaired) electrons. The first-order chi connectivity index (χ1) is 40.5. The number of nitrogens with one attached hydrogen (secondary N) is 12. The minimum absolute atomic E-state index is 0.00177. The van der Waals surface area contributed by atoms with Crippen molar-refractivity contribution in [3.63, 3.8) is 0 Å². The van der Waals surface area contributed by atoms with Crippen LogP contribution < -0.4 is 75.3 Å². The Morgan fingerprint density at radius 3 is 1.64 bits per heavy atom. The number of hydrogen-bond donors (Lipinski definition) is 18. The Morgan fingerprint density at radius 2 is 1.10 bits per heavy atom. The summed E-state index contributed by atoms with van der Waals surface area (Å²) in [5, 5.41) is 68.9. The molecule has 20 N–H and O–H groups in total. The topological polar surface area (TPSA) is 562 Å². The Bertz CT molecular complexity index is 2440. The predicted molar refractivity (Wildman–Crippen MR) is 287 cm³/mol. The number of carbonyl (C=O) groups is 14. The maximum Gasteiger partial charge on any atom is 0.325 e. The van der Waals surface area contributed by atoms with Crippen molar-refractivity contribution in [3.8, 4) is 0 Å². The zero-order chi connectivity index (χ0) is 64.5. The van der Waals surface area contributed by atoms with Crippen LogP contribution in [0.5, 0.6) is 0 Å². The summed E-state index contributed by atoms with van der Waals surface area (Å²) in [5.41, 5.74) is 10.7. The molecule has 3 fully saturated rings. The van der Waals surface area contributed by atoms with Crippen molar-refractivity contribution in [3.05, 3.63) is 0 Å². The number of carboxylic acids is 1. The molecule has 86 heavy (non-hydrogen) atoms. The predicted octanol–water partition coefficient (Wildman–Crippen LogP) is -11.1. The van der Waals surface area contributed by atoms with E-state index in [0.717, 1.165) is 6.92 Å². The monoisotopic (exact) mass is 1230 g/mol. The molecule has 16 atom stereocenters. The van der Waals surface area contributed by atoms with Crippen LogP contribution in [0, 0.1) is 0 Å². The van der Waals surface area contributed by atoms with E-state index in [9.17, 15) is 87.5 Å². The van der Waals surface area contributed by atoms with Gasteiger partial charge in [-0.25, -0.2) is 0 Å². The van der Waals surface area contributed by atoms with Gasteiger partial charge in [0.2, 0.25) is 76.8 Å². The summed E-state index contributed by atoms with van der Waals surface area (Å²) < 4.78 is 29.8. The molecule has 484 valence electrons. The van der Waals surface area contributed by atoms with Gasteiger partial charge in [-0.05, 0) is 53.4 Å². The maximum atomic E-state index is 13.7. The summed E-state index contributed by atoms with van der Waals surface area (Å²) in [7, 11) is 0. The molecule has 37 nitrogen and oxygen atoms in total. The number of fused-ring (bicyclic) bond motifs is 2. The van der Waals surface area contributed by atoms with Crippen molar-refractivity contribution >= 4 is 82.8 Å². The zero-order valence-corrected chi connectivity index (χ0v) is 48.1. The molecule has 0 spiro atoms. The second kappa shape index (κ2) is 35.6. The highest BCUT2D eigenvalue weighted by Gasteiger charge is 2.56. The van der Waals surface area contributed by atoms with Gasteiger partial charge in [-0.2, -0.15) is 0 Å². The van der Waals surface area contributed by atoms with Crippen LogP contribution in [0.4, 0.5) is 0 Å². The summed E-state index contributed by atoms with van der Waals surface area (Å²) in [4.78, 5) is 175. The molecule has 3 saturated heterocycles. The van der Waals surface area contributed by atoms with Gasteiger partial charge >= 0.3 is 5.97 Å². The highest BCUT2D eigenvalue weighted by atomic mass is 16.8. The SMILES string of the molecule is CC(=O)NC1C(OC2C3COC(O3)C(NC(C)=O)C2OC(C)C(=O)NC(C)C(=O)NC(CCC(=O)NC(CCCCNC(=O)CNC(=O)CNC(=O)CNC(=O)CNC(=O)CN)C(=O)NC(C)C(=O)NC(C)C(=O)O)C(N)=O)OC(CO)C(O)C1O. The van der Waals surface area contributed by atoms with Crippen LogP contribution in [0.25, 0.3) is 0 Å². The third-order valence-electron chi connectivity index (χ3n) is 13.1. The third-order valence-corrected chi connectivity index (χ3v) is 13.1. The number of aliphatic carboxylic acids is 1. The second-order valence-corrected chi connectivity index (χ2v) is 20.2. The minimum atomic E-state index is -1.71.